The van der Waals surface area contributed by atoms with E-state index in [2.05, 4.69) is 5.32 Å². The van der Waals surface area contributed by atoms with Crippen molar-refractivity contribution >= 4 is 17.7 Å². The topological polar surface area (TPSA) is 150 Å². The summed E-state index contributed by atoms with van der Waals surface area (Å²) in [5, 5.41) is 29.6. The van der Waals surface area contributed by atoms with Crippen LogP contribution in [0.1, 0.15) is 17.2 Å². The molecule has 0 radical (unpaired) electrons. The summed E-state index contributed by atoms with van der Waals surface area (Å²) in [5.41, 5.74) is 2.81. The van der Waals surface area contributed by atoms with Gasteiger partial charge in [0.15, 0.2) is 12.2 Å². The second kappa shape index (κ2) is 13.9. The number of nitrogens with zero attached hydrogens (tertiary/aromatic N) is 1. The van der Waals surface area contributed by atoms with E-state index in [9.17, 15) is 9.59 Å². The number of hydroxylamine groups is 1. The molecule has 0 fully saturated rings. The molecule has 3 aromatic carbocycles. The molecule has 10 heteroatoms. The summed E-state index contributed by atoms with van der Waals surface area (Å²) in [7, 11) is 0. The summed E-state index contributed by atoms with van der Waals surface area (Å²) in [6.07, 6.45) is -0.523. The third-order valence-corrected chi connectivity index (χ3v) is 4.90. The minimum Gasteiger partial charge on any atom is -0.491 e. The number of carbonyl (C=O) groups excluding carboxylic acids is 2. The van der Waals surface area contributed by atoms with Gasteiger partial charge in [-0.1, -0.05) is 30.3 Å². The Kier molecular flexibility index (Phi) is 10.0. The van der Waals surface area contributed by atoms with Crippen molar-refractivity contribution in [2.45, 2.75) is 12.2 Å². The average molecular weight is 504 g/mol. The molecule has 2 amide bonds. The number of hydrogen-bond acceptors (Lipinski definition) is 8. The second-order valence-corrected chi connectivity index (χ2v) is 7.52. The molecule has 0 unspecified atom stereocenters. The first kappa shape index (κ1) is 26.7. The molecule has 0 spiro atoms. The lowest BCUT2D eigenvalue weighted by Crippen LogP contribution is -2.30. The number of carbonyl (C=O) groups is 2. The molecular formula is C27H25N3O7. The number of nitrogens with one attached hydrogen (secondary N) is 2. The van der Waals surface area contributed by atoms with Crippen LogP contribution in [-0.4, -0.2) is 41.6 Å². The SMILES string of the molecule is N#Cc1ccc(NC(=O)O[C@H](c2cccc(OCCO)c2)[C@@H](/C=C/C(=O)NO)Oc2ccccc2)cc1. The van der Waals surface area contributed by atoms with E-state index in [1.165, 1.54) is 11.6 Å². The molecule has 0 aliphatic carbocycles. The van der Waals surface area contributed by atoms with Crippen LogP contribution in [0, 0.1) is 11.3 Å². The molecular weight excluding hydrogens is 478 g/mol. The number of ether oxygens (including phenoxy) is 3. The number of nitriles is 1. The van der Waals surface area contributed by atoms with E-state index < -0.39 is 24.2 Å². The Morgan fingerprint density at radius 3 is 2.41 bits per heavy atom. The van der Waals surface area contributed by atoms with Crippen LogP contribution in [0.25, 0.3) is 0 Å². The normalized spacial score (nSPS) is 12.1. The van der Waals surface area contributed by atoms with Crippen molar-refractivity contribution in [2.24, 2.45) is 0 Å². The summed E-state index contributed by atoms with van der Waals surface area (Å²) in [4.78, 5) is 24.6. The van der Waals surface area contributed by atoms with Gasteiger partial charge in [0.05, 0.1) is 18.2 Å². The molecule has 37 heavy (non-hydrogen) atoms. The molecule has 4 N–H and O–H groups in total. The number of hydrogen-bond donors (Lipinski definition) is 4. The summed E-state index contributed by atoms with van der Waals surface area (Å²) in [6, 6.07) is 23.6. The smallest absolute Gasteiger partial charge is 0.412 e. The van der Waals surface area contributed by atoms with Crippen LogP contribution >= 0.6 is 0 Å². The molecule has 0 heterocycles. The van der Waals surface area contributed by atoms with Gasteiger partial charge in [0.2, 0.25) is 0 Å². The van der Waals surface area contributed by atoms with Gasteiger partial charge in [0.1, 0.15) is 18.1 Å². The third-order valence-electron chi connectivity index (χ3n) is 4.90. The van der Waals surface area contributed by atoms with Gasteiger partial charge in [-0.15, -0.1) is 0 Å². The first-order valence-electron chi connectivity index (χ1n) is 11.2. The van der Waals surface area contributed by atoms with Gasteiger partial charge in [0.25, 0.3) is 5.91 Å². The van der Waals surface area contributed by atoms with Gasteiger partial charge >= 0.3 is 6.09 Å². The molecule has 10 nitrogen and oxygen atoms in total. The molecule has 3 rings (SSSR count). The Labute approximate surface area is 213 Å². The number of rotatable bonds is 11. The number of amides is 2. The zero-order valence-electron chi connectivity index (χ0n) is 19.6. The summed E-state index contributed by atoms with van der Waals surface area (Å²) in [5.74, 6) is 0.0565. The Balaban J connectivity index is 1.95. The highest BCUT2D eigenvalue weighted by atomic mass is 16.6. The van der Waals surface area contributed by atoms with Crippen LogP contribution in [0.4, 0.5) is 10.5 Å². The van der Waals surface area contributed by atoms with Crippen LogP contribution < -0.4 is 20.3 Å². The zero-order valence-corrected chi connectivity index (χ0v) is 19.6. The highest BCUT2D eigenvalue weighted by molar-refractivity contribution is 5.86. The quantitative estimate of drug-likeness (QED) is 0.176. The monoisotopic (exact) mass is 503 g/mol. The van der Waals surface area contributed by atoms with E-state index in [1.54, 1.807) is 78.9 Å². The lowest BCUT2D eigenvalue weighted by Gasteiger charge is -2.26. The molecule has 0 bridgehead atoms. The summed E-state index contributed by atoms with van der Waals surface area (Å²) < 4.78 is 17.3. The third kappa shape index (κ3) is 8.40. The van der Waals surface area contributed by atoms with E-state index in [-0.39, 0.29) is 13.2 Å². The Hall–Kier alpha value is -4.85. The average Bonchev–Trinajstić information content (AvgIpc) is 2.94. The maximum atomic E-state index is 12.9. The number of aliphatic hydroxyl groups is 1. The van der Waals surface area contributed by atoms with Gasteiger partial charge in [-0.05, 0) is 54.6 Å². The minimum atomic E-state index is -1.08. The molecule has 0 aliphatic rings. The van der Waals surface area contributed by atoms with Crippen LogP contribution in [-0.2, 0) is 9.53 Å². The fourth-order valence-electron chi connectivity index (χ4n) is 3.24. The second-order valence-electron chi connectivity index (χ2n) is 7.52. The van der Waals surface area contributed by atoms with E-state index in [4.69, 9.17) is 29.8 Å². The lowest BCUT2D eigenvalue weighted by molar-refractivity contribution is -0.124. The summed E-state index contributed by atoms with van der Waals surface area (Å²) >= 11 is 0. The molecule has 3 aromatic rings. The lowest BCUT2D eigenvalue weighted by atomic mass is 10.0. The number of benzene rings is 3. The van der Waals surface area contributed by atoms with Gasteiger partial charge in [0, 0.05) is 17.3 Å². The molecule has 0 aromatic heterocycles. The number of anilines is 1. The zero-order chi connectivity index (χ0) is 26.5. The maximum Gasteiger partial charge on any atom is 0.412 e. The van der Waals surface area contributed by atoms with Crippen molar-refractivity contribution in [1.29, 1.82) is 5.26 Å². The molecule has 0 saturated heterocycles. The van der Waals surface area contributed by atoms with E-state index in [0.717, 1.165) is 6.08 Å². The minimum absolute atomic E-state index is 0.0642. The van der Waals surface area contributed by atoms with Gasteiger partial charge < -0.3 is 19.3 Å². The molecule has 0 saturated carbocycles. The predicted molar refractivity (Wildman–Crippen MR) is 133 cm³/mol. The fourth-order valence-corrected chi connectivity index (χ4v) is 3.24. The highest BCUT2D eigenvalue weighted by Crippen LogP contribution is 2.29. The van der Waals surface area contributed by atoms with Gasteiger partial charge in [-0.3, -0.25) is 15.3 Å². The molecule has 190 valence electrons. The van der Waals surface area contributed by atoms with Crippen LogP contribution in [0.2, 0.25) is 0 Å². The van der Waals surface area contributed by atoms with Gasteiger partial charge in [-0.25, -0.2) is 10.3 Å². The van der Waals surface area contributed by atoms with Crippen molar-refractivity contribution in [1.82, 2.24) is 5.48 Å². The van der Waals surface area contributed by atoms with Crippen molar-refractivity contribution in [3.05, 3.63) is 102 Å². The van der Waals surface area contributed by atoms with Crippen molar-refractivity contribution < 1.29 is 34.1 Å². The Morgan fingerprint density at radius 2 is 1.73 bits per heavy atom. The van der Waals surface area contributed by atoms with Crippen LogP contribution in [0.15, 0.2) is 91.0 Å². The Morgan fingerprint density at radius 1 is 1.00 bits per heavy atom. The number of aliphatic hydroxyl groups excluding tert-OH is 1. The van der Waals surface area contributed by atoms with E-state index >= 15 is 0 Å². The first-order valence-corrected chi connectivity index (χ1v) is 11.2. The van der Waals surface area contributed by atoms with E-state index in [1.807, 2.05) is 6.07 Å². The van der Waals surface area contributed by atoms with E-state index in [0.29, 0.717) is 28.3 Å². The van der Waals surface area contributed by atoms with Crippen molar-refractivity contribution in [3.63, 3.8) is 0 Å². The maximum absolute atomic E-state index is 12.9. The predicted octanol–water partition coefficient (Wildman–Crippen LogP) is 3.73. The van der Waals surface area contributed by atoms with Crippen LogP contribution in [0.5, 0.6) is 11.5 Å². The van der Waals surface area contributed by atoms with Gasteiger partial charge in [-0.2, -0.15) is 5.26 Å². The largest absolute Gasteiger partial charge is 0.491 e. The molecule has 0 aliphatic heterocycles. The highest BCUT2D eigenvalue weighted by Gasteiger charge is 2.28. The molecule has 2 atom stereocenters. The standard InChI is InChI=1S/C27H25N3O7/c28-18-19-9-11-21(12-10-19)29-27(33)37-26(20-5-4-8-23(17-20)35-16-15-31)24(13-14-25(32)30-34)36-22-6-2-1-3-7-22/h1-14,17,24,26,31,34H,15-16H2,(H,29,33)(H,30,32)/b14-13+/t24-,26-/m1/s1. The fraction of sp³-hybridized carbons (Fsp3) is 0.148. The van der Waals surface area contributed by atoms with Crippen molar-refractivity contribution in [3.8, 4) is 17.6 Å². The van der Waals surface area contributed by atoms with Crippen LogP contribution in [0.3, 0.4) is 0 Å². The Bertz CT molecular complexity index is 1240. The summed E-state index contributed by atoms with van der Waals surface area (Å²) in [6.45, 7) is -0.120. The number of para-hydroxylation sites is 1. The first-order chi connectivity index (χ1) is 18.0. The van der Waals surface area contributed by atoms with Crippen molar-refractivity contribution in [2.75, 3.05) is 18.5 Å².